The van der Waals surface area contributed by atoms with E-state index in [0.717, 1.165) is 59.0 Å². The van der Waals surface area contributed by atoms with Gasteiger partial charge in [0.25, 0.3) is 5.56 Å². The summed E-state index contributed by atoms with van der Waals surface area (Å²) in [5, 5.41) is 14.1. The Morgan fingerprint density at radius 3 is 2.63 bits per heavy atom. The van der Waals surface area contributed by atoms with Crippen molar-refractivity contribution >= 4 is 10.9 Å². The molecule has 38 heavy (non-hydrogen) atoms. The number of furan rings is 1. The van der Waals surface area contributed by atoms with Gasteiger partial charge in [-0.15, -0.1) is 5.10 Å². The van der Waals surface area contributed by atoms with Crippen LogP contribution in [0, 0.1) is 13.8 Å². The monoisotopic (exact) mass is 508 g/mol. The Bertz CT molecular complexity index is 1580. The Labute approximate surface area is 221 Å². The first-order chi connectivity index (χ1) is 18.6. The highest BCUT2D eigenvalue weighted by Gasteiger charge is 2.34. The Morgan fingerprint density at radius 2 is 1.87 bits per heavy atom. The number of tetrazole rings is 1. The lowest BCUT2D eigenvalue weighted by Crippen LogP contribution is -2.35. The third kappa shape index (κ3) is 4.79. The van der Waals surface area contributed by atoms with Gasteiger partial charge in [-0.1, -0.05) is 54.8 Å². The molecule has 3 aromatic heterocycles. The zero-order valence-corrected chi connectivity index (χ0v) is 21.8. The fraction of sp³-hybridized carbons (Fsp3) is 0.333. The number of pyridine rings is 1. The molecule has 0 amide bonds. The zero-order valence-electron chi connectivity index (χ0n) is 21.8. The van der Waals surface area contributed by atoms with Crippen molar-refractivity contribution < 1.29 is 4.42 Å². The molecular formula is C30H32N6O2. The first-order valence-corrected chi connectivity index (χ1v) is 13.3. The van der Waals surface area contributed by atoms with Gasteiger partial charge in [0, 0.05) is 12.1 Å². The van der Waals surface area contributed by atoms with Crippen LogP contribution < -0.4 is 5.56 Å². The second kappa shape index (κ2) is 10.4. The summed E-state index contributed by atoms with van der Waals surface area (Å²) >= 11 is 0. The van der Waals surface area contributed by atoms with Crippen LogP contribution in [0.5, 0.6) is 0 Å². The maximum atomic E-state index is 13.8. The molecule has 0 spiro atoms. The zero-order chi connectivity index (χ0) is 26.1. The van der Waals surface area contributed by atoms with Crippen molar-refractivity contribution in [3.8, 4) is 0 Å². The number of fused-ring (bicyclic) bond motifs is 1. The largest absolute Gasteiger partial charge is 0.468 e. The molecule has 1 aliphatic carbocycles. The summed E-state index contributed by atoms with van der Waals surface area (Å²) in [5.74, 6) is 1.50. The smallest absolute Gasteiger partial charge is 0.253 e. The fourth-order valence-electron chi connectivity index (χ4n) is 5.85. The van der Waals surface area contributed by atoms with E-state index in [9.17, 15) is 4.79 Å². The van der Waals surface area contributed by atoms with E-state index < -0.39 is 6.04 Å². The van der Waals surface area contributed by atoms with E-state index >= 15 is 0 Å². The molecule has 1 aliphatic rings. The first kappa shape index (κ1) is 24.3. The number of benzene rings is 2. The number of aromatic nitrogens is 5. The van der Waals surface area contributed by atoms with Gasteiger partial charge >= 0.3 is 0 Å². The normalized spacial score (nSPS) is 15.0. The van der Waals surface area contributed by atoms with E-state index in [2.05, 4.69) is 56.6 Å². The van der Waals surface area contributed by atoms with Crippen LogP contribution in [0.3, 0.4) is 0 Å². The van der Waals surface area contributed by atoms with Crippen molar-refractivity contribution in [1.82, 2.24) is 30.1 Å². The molecule has 2 aromatic carbocycles. The Morgan fingerprint density at radius 1 is 1.05 bits per heavy atom. The minimum absolute atomic E-state index is 0.132. The molecule has 8 heteroatoms. The van der Waals surface area contributed by atoms with Gasteiger partial charge in [0.15, 0.2) is 5.82 Å². The number of hydrogen-bond donors (Lipinski definition) is 1. The average Bonchev–Trinajstić information content (AvgIpc) is 3.69. The molecule has 1 atom stereocenters. The molecule has 8 nitrogen and oxygen atoms in total. The van der Waals surface area contributed by atoms with Crippen LogP contribution in [0.2, 0.25) is 0 Å². The predicted molar refractivity (Wildman–Crippen MR) is 146 cm³/mol. The Kier molecular flexibility index (Phi) is 6.64. The molecular weight excluding hydrogens is 476 g/mol. The number of aryl methyl sites for hydroxylation is 2. The minimum atomic E-state index is -0.482. The second-order valence-corrected chi connectivity index (χ2v) is 10.4. The number of hydrogen-bond acceptors (Lipinski definition) is 6. The fourth-order valence-corrected chi connectivity index (χ4v) is 5.85. The Balaban J connectivity index is 1.55. The van der Waals surface area contributed by atoms with Gasteiger partial charge in [0.05, 0.1) is 24.4 Å². The summed E-state index contributed by atoms with van der Waals surface area (Å²) in [6, 6.07) is 20.1. The SMILES string of the molecule is Cc1cc(C)c2[nH]c(=O)c([C@H](c3nnnn3C3CCCC3)N(Cc3ccccc3)Cc3ccco3)cc2c1. The third-order valence-corrected chi connectivity index (χ3v) is 7.58. The summed E-state index contributed by atoms with van der Waals surface area (Å²) in [6.07, 6.45) is 6.07. The molecule has 3 heterocycles. The van der Waals surface area contributed by atoms with E-state index in [1.807, 2.05) is 48.0 Å². The van der Waals surface area contributed by atoms with Crippen LogP contribution >= 0.6 is 0 Å². The standard InChI is InChI=1S/C30H32N6O2/c1-20-15-21(2)27-23(16-20)17-26(30(37)31-27)28(29-32-33-34-36(29)24-11-6-7-12-24)35(19-25-13-8-14-38-25)18-22-9-4-3-5-10-22/h3-5,8-10,13-17,24,28H,6-7,11-12,18-19H2,1-2H3,(H,31,37)/t28-/m1/s1. The summed E-state index contributed by atoms with van der Waals surface area (Å²) in [6.45, 7) is 5.19. The lowest BCUT2D eigenvalue weighted by atomic mass is 9.99. The van der Waals surface area contributed by atoms with Gasteiger partial charge in [-0.05, 0) is 77.9 Å². The van der Waals surface area contributed by atoms with Crippen LogP contribution in [-0.4, -0.2) is 30.1 Å². The van der Waals surface area contributed by atoms with E-state index in [0.29, 0.717) is 24.5 Å². The van der Waals surface area contributed by atoms with Crippen molar-refractivity contribution in [2.24, 2.45) is 0 Å². The number of nitrogens with one attached hydrogen (secondary N) is 1. The highest BCUT2D eigenvalue weighted by atomic mass is 16.3. The van der Waals surface area contributed by atoms with Crippen LogP contribution in [0.15, 0.2) is 76.1 Å². The summed E-state index contributed by atoms with van der Waals surface area (Å²) < 4.78 is 7.74. The lowest BCUT2D eigenvalue weighted by Gasteiger charge is -2.31. The van der Waals surface area contributed by atoms with Crippen molar-refractivity contribution in [3.63, 3.8) is 0 Å². The van der Waals surface area contributed by atoms with Crippen molar-refractivity contribution in [2.45, 2.75) is 64.7 Å². The first-order valence-electron chi connectivity index (χ1n) is 13.3. The van der Waals surface area contributed by atoms with Crippen molar-refractivity contribution in [3.05, 3.63) is 111 Å². The quantitative estimate of drug-likeness (QED) is 0.292. The van der Waals surface area contributed by atoms with E-state index in [-0.39, 0.29) is 11.6 Å². The molecule has 0 saturated heterocycles. The van der Waals surface area contributed by atoms with Gasteiger partial charge in [-0.3, -0.25) is 9.69 Å². The maximum absolute atomic E-state index is 13.8. The number of aromatic amines is 1. The molecule has 0 aliphatic heterocycles. The third-order valence-electron chi connectivity index (χ3n) is 7.58. The number of H-pyrrole nitrogens is 1. The highest BCUT2D eigenvalue weighted by Crippen LogP contribution is 2.35. The van der Waals surface area contributed by atoms with Gasteiger partial charge in [-0.25, -0.2) is 4.68 Å². The van der Waals surface area contributed by atoms with Gasteiger partial charge in [0.1, 0.15) is 11.8 Å². The average molecular weight is 509 g/mol. The molecule has 194 valence electrons. The van der Waals surface area contributed by atoms with Crippen LogP contribution in [0.25, 0.3) is 10.9 Å². The predicted octanol–water partition coefficient (Wildman–Crippen LogP) is 5.63. The van der Waals surface area contributed by atoms with E-state index in [1.165, 1.54) is 0 Å². The highest BCUT2D eigenvalue weighted by molar-refractivity contribution is 5.83. The molecule has 0 bridgehead atoms. The molecule has 6 rings (SSSR count). The lowest BCUT2D eigenvalue weighted by molar-refractivity contribution is 0.176. The summed E-state index contributed by atoms with van der Waals surface area (Å²) in [4.78, 5) is 19.2. The van der Waals surface area contributed by atoms with Gasteiger partial charge in [-0.2, -0.15) is 0 Å². The number of nitrogens with zero attached hydrogens (tertiary/aromatic N) is 5. The van der Waals surface area contributed by atoms with Crippen LogP contribution in [0.1, 0.15) is 71.6 Å². The van der Waals surface area contributed by atoms with Crippen LogP contribution in [0.4, 0.5) is 0 Å². The van der Waals surface area contributed by atoms with Crippen LogP contribution in [-0.2, 0) is 13.1 Å². The molecule has 1 fully saturated rings. The molecule has 1 saturated carbocycles. The topological polar surface area (TPSA) is 92.8 Å². The molecule has 0 unspecified atom stereocenters. The number of rotatable bonds is 8. The molecule has 0 radical (unpaired) electrons. The summed E-state index contributed by atoms with van der Waals surface area (Å²) in [7, 11) is 0. The van der Waals surface area contributed by atoms with Gasteiger partial charge < -0.3 is 9.40 Å². The Hall–Kier alpha value is -4.04. The molecule has 5 aromatic rings. The minimum Gasteiger partial charge on any atom is -0.468 e. The maximum Gasteiger partial charge on any atom is 0.253 e. The van der Waals surface area contributed by atoms with E-state index in [1.54, 1.807) is 6.26 Å². The second-order valence-electron chi connectivity index (χ2n) is 10.4. The molecule has 1 N–H and O–H groups in total. The van der Waals surface area contributed by atoms with E-state index in [4.69, 9.17) is 4.42 Å². The van der Waals surface area contributed by atoms with Gasteiger partial charge in [0.2, 0.25) is 0 Å². The summed E-state index contributed by atoms with van der Waals surface area (Å²) in [5.41, 5.74) is 4.68. The van der Waals surface area contributed by atoms with Crippen molar-refractivity contribution in [1.29, 1.82) is 0 Å². The van der Waals surface area contributed by atoms with Crippen molar-refractivity contribution in [2.75, 3.05) is 0 Å².